The van der Waals surface area contributed by atoms with Gasteiger partial charge in [0.25, 0.3) is 5.91 Å². The molecule has 0 bridgehead atoms. The number of para-hydroxylation sites is 2. The second-order valence-corrected chi connectivity index (χ2v) is 16.1. The highest BCUT2D eigenvalue weighted by Crippen LogP contribution is 2.61. The van der Waals surface area contributed by atoms with E-state index in [-0.39, 0.29) is 24.0 Å². The Morgan fingerprint density at radius 2 is 1.75 bits per heavy atom. The first kappa shape index (κ1) is 29.9. The molecule has 1 fully saturated rings. The molecule has 0 radical (unpaired) electrons. The van der Waals surface area contributed by atoms with Gasteiger partial charge in [0.05, 0.1) is 17.5 Å². The van der Waals surface area contributed by atoms with Crippen molar-refractivity contribution in [1.29, 1.82) is 0 Å². The van der Waals surface area contributed by atoms with E-state index >= 15 is 0 Å². The summed E-state index contributed by atoms with van der Waals surface area (Å²) in [5, 5.41) is 17.6. The predicted molar refractivity (Wildman–Crippen MR) is 169 cm³/mol. The van der Waals surface area contributed by atoms with Crippen molar-refractivity contribution >= 4 is 43.4 Å². The quantitative estimate of drug-likeness (QED) is 0.197. The molecule has 10 nitrogen and oxygen atoms in total. The summed E-state index contributed by atoms with van der Waals surface area (Å²) in [6.45, 7) is 6.26. The number of hydrogen-bond donors (Lipinski definition) is 2. The molecule has 6 rings (SSSR count). The van der Waals surface area contributed by atoms with E-state index in [1.807, 2.05) is 98.9 Å². The molecule has 0 unspecified atom stereocenters. The zero-order chi connectivity index (χ0) is 31.1. The third kappa shape index (κ3) is 5.05. The molecular formula is C33H37N5O5Si. The fourth-order valence-corrected chi connectivity index (χ4v) is 9.64. The Balaban J connectivity index is 1.45. The van der Waals surface area contributed by atoms with Gasteiger partial charge >= 0.3 is 0 Å². The van der Waals surface area contributed by atoms with Crippen LogP contribution >= 0.6 is 0 Å². The largest absolute Gasteiger partial charge is 0.432 e. The molecule has 2 aliphatic rings. The van der Waals surface area contributed by atoms with E-state index in [1.54, 1.807) is 20.7 Å². The lowest BCUT2D eigenvalue weighted by Crippen LogP contribution is -2.45. The van der Waals surface area contributed by atoms with Crippen molar-refractivity contribution in [3.63, 3.8) is 0 Å². The van der Waals surface area contributed by atoms with Gasteiger partial charge in [-0.25, -0.2) is 0 Å². The molecule has 1 spiro atoms. The van der Waals surface area contributed by atoms with Gasteiger partial charge in [-0.3, -0.25) is 24.1 Å². The van der Waals surface area contributed by atoms with Crippen molar-refractivity contribution in [2.24, 2.45) is 5.92 Å². The Bertz CT molecular complexity index is 1640. The second kappa shape index (κ2) is 11.7. The van der Waals surface area contributed by atoms with Gasteiger partial charge < -0.3 is 14.6 Å². The Labute approximate surface area is 257 Å². The van der Waals surface area contributed by atoms with Crippen LogP contribution in [0.1, 0.15) is 24.6 Å². The molecule has 44 heavy (non-hydrogen) atoms. The van der Waals surface area contributed by atoms with Gasteiger partial charge in [-0.15, -0.1) is 5.10 Å². The SMILES string of the molecule is C[C@@H]1[C@@H]([Si](C)(C)O)[C@H](CCn2cc(CCO)nn2)O[C@@]12C(=O)N(c1ccccc1)c1ccc(N(C=O)c3ccccc3)cc12. The van der Waals surface area contributed by atoms with Crippen LogP contribution in [-0.4, -0.2) is 58.2 Å². The minimum Gasteiger partial charge on any atom is -0.432 e. The van der Waals surface area contributed by atoms with Crippen LogP contribution in [0, 0.1) is 5.92 Å². The van der Waals surface area contributed by atoms with Crippen molar-refractivity contribution < 1.29 is 24.2 Å². The normalized spacial score (nSPS) is 22.9. The Hall–Kier alpha value is -4.16. The standard InChI is InChI=1S/C33H37N5O5Si/c1-23-31(44(2,3)42)30(16-18-36-21-24(17-19-39)34-35-36)43-33(23)28-20-27(37(22-40)25-10-6-4-7-11-25)14-15-29(28)38(32(33)41)26-12-8-5-9-13-26/h4-15,20-23,30-31,39,42H,16-19H2,1-3H3/t23-,30+,31-,33+/m1/s1. The molecule has 2 aliphatic heterocycles. The molecule has 0 aliphatic carbocycles. The molecule has 0 saturated carbocycles. The summed E-state index contributed by atoms with van der Waals surface area (Å²) >= 11 is 0. The molecule has 3 aromatic carbocycles. The Morgan fingerprint density at radius 3 is 2.41 bits per heavy atom. The molecule has 4 aromatic rings. The monoisotopic (exact) mass is 611 g/mol. The molecule has 1 saturated heterocycles. The smallest absolute Gasteiger partial charge is 0.268 e. The fourth-order valence-electron chi connectivity index (χ4n) is 7.04. The Morgan fingerprint density at radius 1 is 1.05 bits per heavy atom. The van der Waals surface area contributed by atoms with Crippen LogP contribution in [0.4, 0.5) is 22.7 Å². The number of rotatable bonds is 10. The number of amides is 2. The van der Waals surface area contributed by atoms with E-state index in [9.17, 15) is 19.5 Å². The summed E-state index contributed by atoms with van der Waals surface area (Å²) in [7, 11) is -2.88. The molecule has 1 aromatic heterocycles. The highest BCUT2D eigenvalue weighted by molar-refractivity contribution is 6.71. The molecule has 3 heterocycles. The van der Waals surface area contributed by atoms with Crippen LogP contribution < -0.4 is 9.80 Å². The number of hydrogen-bond acceptors (Lipinski definition) is 7. The lowest BCUT2D eigenvalue weighted by atomic mass is 9.82. The lowest BCUT2D eigenvalue weighted by Gasteiger charge is -2.32. The minimum absolute atomic E-state index is 0.00985. The van der Waals surface area contributed by atoms with E-state index in [0.29, 0.717) is 53.4 Å². The number of carbonyl (C=O) groups excluding carboxylic acids is 2. The first-order valence-corrected chi connectivity index (χ1v) is 17.9. The van der Waals surface area contributed by atoms with Crippen LogP contribution in [0.25, 0.3) is 0 Å². The number of benzene rings is 3. The summed E-state index contributed by atoms with van der Waals surface area (Å²) in [6, 6.07) is 24.4. The first-order valence-electron chi connectivity index (χ1n) is 14.9. The number of nitrogens with zero attached hydrogens (tertiary/aromatic N) is 5. The molecule has 228 valence electrons. The van der Waals surface area contributed by atoms with Crippen molar-refractivity contribution in [2.75, 3.05) is 16.4 Å². The second-order valence-electron chi connectivity index (χ2n) is 12.1. The summed E-state index contributed by atoms with van der Waals surface area (Å²) < 4.78 is 8.69. The Kier molecular flexibility index (Phi) is 7.97. The van der Waals surface area contributed by atoms with Crippen molar-refractivity contribution in [3.05, 3.63) is 96.3 Å². The van der Waals surface area contributed by atoms with Gasteiger partial charge in [-0.05, 0) is 62.0 Å². The summed E-state index contributed by atoms with van der Waals surface area (Å²) in [4.78, 5) is 42.1. The van der Waals surface area contributed by atoms with Gasteiger partial charge in [0.15, 0.2) is 13.9 Å². The molecule has 2 amide bonds. The van der Waals surface area contributed by atoms with Gasteiger partial charge in [0.1, 0.15) is 0 Å². The zero-order valence-electron chi connectivity index (χ0n) is 25.1. The van der Waals surface area contributed by atoms with Gasteiger partial charge in [-0.2, -0.15) is 0 Å². The van der Waals surface area contributed by atoms with Crippen LogP contribution in [0.2, 0.25) is 18.6 Å². The van der Waals surface area contributed by atoms with Gasteiger partial charge in [-0.1, -0.05) is 48.5 Å². The first-order chi connectivity index (χ1) is 21.2. The highest BCUT2D eigenvalue weighted by Gasteiger charge is 2.66. The van der Waals surface area contributed by atoms with E-state index in [0.717, 1.165) is 6.41 Å². The topological polar surface area (TPSA) is 121 Å². The van der Waals surface area contributed by atoms with Crippen molar-refractivity contribution in [1.82, 2.24) is 15.0 Å². The van der Waals surface area contributed by atoms with Crippen molar-refractivity contribution in [3.8, 4) is 0 Å². The number of fused-ring (bicyclic) bond motifs is 2. The average molecular weight is 612 g/mol. The maximum Gasteiger partial charge on any atom is 0.268 e. The van der Waals surface area contributed by atoms with Crippen LogP contribution in [0.15, 0.2) is 85.1 Å². The summed E-state index contributed by atoms with van der Waals surface area (Å²) in [5.74, 6) is -0.575. The minimum atomic E-state index is -2.88. The maximum absolute atomic E-state index is 14.8. The third-order valence-corrected chi connectivity index (χ3v) is 11.4. The number of anilines is 4. The number of aromatic nitrogens is 3. The van der Waals surface area contributed by atoms with Crippen LogP contribution in [0.3, 0.4) is 0 Å². The molecule has 4 atom stereocenters. The lowest BCUT2D eigenvalue weighted by molar-refractivity contribution is -0.145. The molecule has 2 N–H and O–H groups in total. The van der Waals surface area contributed by atoms with E-state index in [4.69, 9.17) is 4.74 Å². The summed E-state index contributed by atoms with van der Waals surface area (Å²) in [6.07, 6.45) is 3.07. The highest BCUT2D eigenvalue weighted by atomic mass is 28.4. The van der Waals surface area contributed by atoms with E-state index in [1.165, 1.54) is 0 Å². The number of aryl methyl sites for hydroxylation is 1. The van der Waals surface area contributed by atoms with Crippen LogP contribution in [-0.2, 0) is 32.9 Å². The number of aliphatic hydroxyl groups excluding tert-OH is 1. The number of aliphatic hydroxyl groups is 1. The van der Waals surface area contributed by atoms with E-state index in [2.05, 4.69) is 10.3 Å². The number of carbonyl (C=O) groups is 2. The molecule has 11 heteroatoms. The van der Waals surface area contributed by atoms with Gasteiger partial charge in [0, 0.05) is 59.9 Å². The van der Waals surface area contributed by atoms with E-state index < -0.39 is 20.0 Å². The predicted octanol–water partition coefficient (Wildman–Crippen LogP) is 4.67. The fraction of sp³-hybridized carbons (Fsp3) is 0.333. The molecular weight excluding hydrogens is 574 g/mol. The van der Waals surface area contributed by atoms with Crippen molar-refractivity contribution in [2.45, 2.75) is 56.7 Å². The van der Waals surface area contributed by atoms with Gasteiger partial charge in [0.2, 0.25) is 6.41 Å². The zero-order valence-corrected chi connectivity index (χ0v) is 26.1. The van der Waals surface area contributed by atoms with Crippen LogP contribution in [0.5, 0.6) is 0 Å². The maximum atomic E-state index is 14.8. The number of ether oxygens (including phenoxy) is 1. The third-order valence-electron chi connectivity index (χ3n) is 8.90. The average Bonchev–Trinajstić information content (AvgIpc) is 3.66. The summed E-state index contributed by atoms with van der Waals surface area (Å²) in [5.41, 5.74) is 2.45.